The molecule has 2 heterocycles. The van der Waals surface area contributed by atoms with E-state index in [1.165, 1.54) is 13.2 Å². The fraction of sp³-hybridized carbons (Fsp3) is 0.500. The number of fused-ring (bicyclic) bond motifs is 1. The highest BCUT2D eigenvalue weighted by atomic mass is 35.5. The van der Waals surface area contributed by atoms with Crippen LogP contribution in [0.4, 0.5) is 4.39 Å². The molecule has 2 aromatic rings. The fourth-order valence-corrected chi connectivity index (χ4v) is 3.02. The molecule has 1 aromatic carbocycles. The van der Waals surface area contributed by atoms with Gasteiger partial charge in [-0.15, -0.1) is 11.6 Å². The molecular weight excluding hydrogens is 283 g/mol. The van der Waals surface area contributed by atoms with Crippen LogP contribution in [0.1, 0.15) is 25.2 Å². The molecule has 0 spiro atoms. The Bertz CT molecular complexity index is 644. The van der Waals surface area contributed by atoms with Crippen LogP contribution in [0, 0.1) is 5.82 Å². The van der Waals surface area contributed by atoms with Gasteiger partial charge in [0.25, 0.3) is 0 Å². The van der Waals surface area contributed by atoms with Crippen molar-refractivity contribution in [3.05, 3.63) is 23.8 Å². The lowest BCUT2D eigenvalue weighted by Gasteiger charge is -2.19. The number of hydrogen-bond acceptors (Lipinski definition) is 3. The van der Waals surface area contributed by atoms with Crippen molar-refractivity contribution < 1.29 is 13.9 Å². The summed E-state index contributed by atoms with van der Waals surface area (Å²) in [5.41, 5.74) is 1.43. The van der Waals surface area contributed by atoms with Crippen LogP contribution >= 0.6 is 11.6 Å². The van der Waals surface area contributed by atoms with Gasteiger partial charge in [0.05, 0.1) is 36.2 Å². The number of hydrogen-bond donors (Lipinski definition) is 0. The number of imidazole rings is 1. The van der Waals surface area contributed by atoms with Crippen LogP contribution in [-0.4, -0.2) is 29.4 Å². The van der Waals surface area contributed by atoms with E-state index < -0.39 is 5.82 Å². The van der Waals surface area contributed by atoms with Gasteiger partial charge in [-0.2, -0.15) is 0 Å². The van der Waals surface area contributed by atoms with Crippen molar-refractivity contribution in [2.45, 2.75) is 31.4 Å². The summed E-state index contributed by atoms with van der Waals surface area (Å²) in [5.74, 6) is 0.812. The molecule has 0 amide bonds. The first-order valence-electron chi connectivity index (χ1n) is 6.57. The van der Waals surface area contributed by atoms with E-state index in [4.69, 9.17) is 21.1 Å². The molecule has 108 valence electrons. The summed E-state index contributed by atoms with van der Waals surface area (Å²) in [4.78, 5) is 4.43. The third kappa shape index (κ3) is 2.05. The Balaban J connectivity index is 2.22. The minimum atomic E-state index is -0.415. The molecule has 0 radical (unpaired) electrons. The van der Waals surface area contributed by atoms with E-state index in [0.717, 1.165) is 17.8 Å². The van der Waals surface area contributed by atoms with Gasteiger partial charge in [-0.3, -0.25) is 0 Å². The average Bonchev–Trinajstić information content (AvgIpc) is 3.00. The van der Waals surface area contributed by atoms with Gasteiger partial charge in [0.15, 0.2) is 11.6 Å². The van der Waals surface area contributed by atoms with E-state index >= 15 is 0 Å². The molecule has 1 saturated heterocycles. The lowest BCUT2D eigenvalue weighted by Crippen LogP contribution is -2.18. The Hall–Kier alpha value is -1.33. The molecule has 1 aliphatic rings. The number of rotatable bonds is 3. The molecule has 1 fully saturated rings. The molecule has 0 aliphatic carbocycles. The standard InChI is InChI=1S/C14H16ClFN2O2/c1-8-11(3-4-20-8)18-12-6-13(19-2)9(16)5-10(12)17-14(18)7-15/h5-6,8,11H,3-4,7H2,1-2H3. The maximum atomic E-state index is 13.8. The second kappa shape index (κ2) is 5.22. The van der Waals surface area contributed by atoms with Crippen LogP contribution in [0.25, 0.3) is 11.0 Å². The van der Waals surface area contributed by atoms with Gasteiger partial charge in [-0.25, -0.2) is 9.37 Å². The van der Waals surface area contributed by atoms with Gasteiger partial charge in [0, 0.05) is 18.7 Å². The average molecular weight is 299 g/mol. The minimum Gasteiger partial charge on any atom is -0.494 e. The Morgan fingerprint density at radius 2 is 2.35 bits per heavy atom. The van der Waals surface area contributed by atoms with Crippen LogP contribution in [0.5, 0.6) is 5.75 Å². The highest BCUT2D eigenvalue weighted by Gasteiger charge is 2.29. The molecule has 3 rings (SSSR count). The zero-order chi connectivity index (χ0) is 14.3. The maximum absolute atomic E-state index is 13.8. The second-order valence-electron chi connectivity index (χ2n) is 4.94. The van der Waals surface area contributed by atoms with Crippen molar-refractivity contribution in [2.24, 2.45) is 0 Å². The Morgan fingerprint density at radius 1 is 1.55 bits per heavy atom. The number of alkyl halides is 1. The van der Waals surface area contributed by atoms with E-state index in [0.29, 0.717) is 12.1 Å². The zero-order valence-corrected chi connectivity index (χ0v) is 12.2. The van der Waals surface area contributed by atoms with Crippen molar-refractivity contribution in [2.75, 3.05) is 13.7 Å². The Morgan fingerprint density at radius 3 is 2.95 bits per heavy atom. The quantitative estimate of drug-likeness (QED) is 0.816. The Kier molecular flexibility index (Phi) is 3.56. The highest BCUT2D eigenvalue weighted by Crippen LogP contribution is 2.34. The first-order chi connectivity index (χ1) is 9.65. The highest BCUT2D eigenvalue weighted by molar-refractivity contribution is 6.16. The summed E-state index contributed by atoms with van der Waals surface area (Å²) in [7, 11) is 1.45. The fourth-order valence-electron chi connectivity index (χ4n) is 2.83. The van der Waals surface area contributed by atoms with Crippen molar-refractivity contribution in [1.82, 2.24) is 9.55 Å². The van der Waals surface area contributed by atoms with Crippen molar-refractivity contribution in [1.29, 1.82) is 0 Å². The van der Waals surface area contributed by atoms with Crippen LogP contribution < -0.4 is 4.74 Å². The van der Waals surface area contributed by atoms with Gasteiger partial charge < -0.3 is 14.0 Å². The second-order valence-corrected chi connectivity index (χ2v) is 5.21. The predicted molar refractivity (Wildman–Crippen MR) is 74.9 cm³/mol. The van der Waals surface area contributed by atoms with E-state index in [-0.39, 0.29) is 23.8 Å². The van der Waals surface area contributed by atoms with Crippen LogP contribution in [0.3, 0.4) is 0 Å². The Labute approximate surface area is 121 Å². The van der Waals surface area contributed by atoms with E-state index in [2.05, 4.69) is 9.55 Å². The summed E-state index contributed by atoms with van der Waals surface area (Å²) in [5, 5.41) is 0. The number of nitrogens with zero attached hydrogens (tertiary/aromatic N) is 2. The zero-order valence-electron chi connectivity index (χ0n) is 11.4. The molecule has 2 unspecified atom stereocenters. The number of aromatic nitrogens is 2. The smallest absolute Gasteiger partial charge is 0.167 e. The largest absolute Gasteiger partial charge is 0.494 e. The number of ether oxygens (including phenoxy) is 2. The monoisotopic (exact) mass is 298 g/mol. The maximum Gasteiger partial charge on any atom is 0.167 e. The molecule has 0 bridgehead atoms. The molecule has 4 nitrogen and oxygen atoms in total. The lowest BCUT2D eigenvalue weighted by atomic mass is 10.1. The van der Waals surface area contributed by atoms with Crippen LogP contribution in [0.2, 0.25) is 0 Å². The van der Waals surface area contributed by atoms with E-state index in [1.54, 1.807) is 6.07 Å². The summed E-state index contributed by atoms with van der Waals surface area (Å²) < 4.78 is 26.5. The van der Waals surface area contributed by atoms with Gasteiger partial charge >= 0.3 is 0 Å². The number of benzene rings is 1. The summed E-state index contributed by atoms with van der Waals surface area (Å²) in [6, 6.07) is 3.24. The minimum absolute atomic E-state index is 0.0883. The van der Waals surface area contributed by atoms with Gasteiger partial charge in [-0.1, -0.05) is 0 Å². The summed E-state index contributed by atoms with van der Waals surface area (Å²) >= 11 is 5.99. The molecular formula is C14H16ClFN2O2. The normalized spacial score (nSPS) is 22.6. The summed E-state index contributed by atoms with van der Waals surface area (Å²) in [6.45, 7) is 2.74. The van der Waals surface area contributed by atoms with Crippen LogP contribution in [0.15, 0.2) is 12.1 Å². The first kappa shape index (κ1) is 13.6. The SMILES string of the molecule is COc1cc2c(cc1F)nc(CCl)n2C1CCOC1C. The van der Waals surface area contributed by atoms with Gasteiger partial charge in [0.1, 0.15) is 5.82 Å². The van der Waals surface area contributed by atoms with Gasteiger partial charge in [-0.05, 0) is 13.3 Å². The third-order valence-corrected chi connectivity index (χ3v) is 4.06. The predicted octanol–water partition coefficient (Wildman–Crippen LogP) is 3.27. The molecule has 2 atom stereocenters. The first-order valence-corrected chi connectivity index (χ1v) is 7.11. The van der Waals surface area contributed by atoms with Crippen LogP contribution in [-0.2, 0) is 10.6 Å². The summed E-state index contributed by atoms with van der Waals surface area (Å²) in [6.07, 6.45) is 0.987. The molecule has 0 saturated carbocycles. The molecule has 1 aliphatic heterocycles. The van der Waals surface area contributed by atoms with Crippen molar-refractivity contribution >= 4 is 22.6 Å². The van der Waals surface area contributed by atoms with Crippen molar-refractivity contribution in [3.8, 4) is 5.75 Å². The third-order valence-electron chi connectivity index (χ3n) is 3.82. The molecule has 6 heteroatoms. The van der Waals surface area contributed by atoms with Crippen molar-refractivity contribution in [3.63, 3.8) is 0 Å². The van der Waals surface area contributed by atoms with E-state index in [9.17, 15) is 4.39 Å². The van der Waals surface area contributed by atoms with Gasteiger partial charge in [0.2, 0.25) is 0 Å². The topological polar surface area (TPSA) is 36.3 Å². The van der Waals surface area contributed by atoms with E-state index in [1.807, 2.05) is 6.92 Å². The molecule has 0 N–H and O–H groups in total. The molecule has 1 aromatic heterocycles. The molecule has 20 heavy (non-hydrogen) atoms. The number of methoxy groups -OCH3 is 1. The number of halogens is 2. The lowest BCUT2D eigenvalue weighted by molar-refractivity contribution is 0.108.